The third-order valence-electron chi connectivity index (χ3n) is 4.96. The Morgan fingerprint density at radius 1 is 1.21 bits per heavy atom. The van der Waals surface area contributed by atoms with Gasteiger partial charge in [0.1, 0.15) is 0 Å². The van der Waals surface area contributed by atoms with Crippen molar-refractivity contribution in [3.8, 4) is 0 Å². The summed E-state index contributed by atoms with van der Waals surface area (Å²) in [4.78, 5) is 13.8. The first-order valence-corrected chi connectivity index (χ1v) is 8.23. The molecule has 24 heavy (non-hydrogen) atoms. The predicted octanol–water partition coefficient (Wildman–Crippen LogP) is 2.17. The first-order valence-electron chi connectivity index (χ1n) is 8.23. The van der Waals surface area contributed by atoms with Gasteiger partial charge in [-0.3, -0.25) is 4.68 Å². The molecule has 3 heterocycles. The molecule has 1 aliphatic rings. The van der Waals surface area contributed by atoms with Gasteiger partial charge in [-0.2, -0.15) is 10.1 Å². The lowest BCUT2D eigenvalue weighted by atomic mass is 9.97. The highest BCUT2D eigenvalue weighted by atomic mass is 15.3. The summed E-state index contributed by atoms with van der Waals surface area (Å²) in [6.45, 7) is 2.95. The second-order valence-corrected chi connectivity index (χ2v) is 6.59. The molecule has 0 amide bonds. The van der Waals surface area contributed by atoms with Crippen LogP contribution in [0.2, 0.25) is 0 Å². The van der Waals surface area contributed by atoms with Gasteiger partial charge in [0.25, 0.3) is 0 Å². The summed E-state index contributed by atoms with van der Waals surface area (Å²) in [5.74, 6) is 0.753. The molecule has 4 rings (SSSR count). The molecule has 3 aromatic rings. The summed E-state index contributed by atoms with van der Waals surface area (Å²) in [5.41, 5.74) is 4.54. The van der Waals surface area contributed by atoms with Crippen molar-refractivity contribution in [2.45, 2.75) is 19.4 Å². The van der Waals surface area contributed by atoms with Crippen LogP contribution < -0.4 is 9.80 Å². The zero-order chi connectivity index (χ0) is 16.8. The Morgan fingerprint density at radius 2 is 2.00 bits per heavy atom. The van der Waals surface area contributed by atoms with Gasteiger partial charge in [-0.25, -0.2) is 4.98 Å². The summed E-state index contributed by atoms with van der Waals surface area (Å²) >= 11 is 0. The Morgan fingerprint density at radius 3 is 2.83 bits per heavy atom. The van der Waals surface area contributed by atoms with Crippen LogP contribution in [0.5, 0.6) is 0 Å². The number of para-hydroxylation sites is 1. The fraction of sp³-hybridized carbons (Fsp3) is 0.389. The summed E-state index contributed by atoms with van der Waals surface area (Å²) < 4.78 is 1.83. The smallest absolute Gasteiger partial charge is 0.227 e. The molecule has 124 valence electrons. The molecular formula is C18H22N6. The highest BCUT2D eigenvalue weighted by Crippen LogP contribution is 2.28. The number of nitrogens with zero attached hydrogens (tertiary/aromatic N) is 6. The second-order valence-electron chi connectivity index (χ2n) is 6.59. The summed E-state index contributed by atoms with van der Waals surface area (Å²) in [6.07, 6.45) is 2.89. The highest BCUT2D eigenvalue weighted by Gasteiger charge is 2.26. The van der Waals surface area contributed by atoms with Crippen molar-refractivity contribution in [2.75, 3.05) is 30.4 Å². The van der Waals surface area contributed by atoms with Crippen LogP contribution in [0.3, 0.4) is 0 Å². The van der Waals surface area contributed by atoms with Crippen molar-refractivity contribution in [3.63, 3.8) is 0 Å². The maximum absolute atomic E-state index is 4.75. The highest BCUT2D eigenvalue weighted by molar-refractivity contribution is 5.78. The van der Waals surface area contributed by atoms with Crippen LogP contribution >= 0.6 is 0 Å². The Hall–Kier alpha value is -2.63. The maximum Gasteiger partial charge on any atom is 0.227 e. The monoisotopic (exact) mass is 322 g/mol. The van der Waals surface area contributed by atoms with Crippen molar-refractivity contribution in [3.05, 3.63) is 41.7 Å². The minimum atomic E-state index is 0.344. The van der Waals surface area contributed by atoms with E-state index < -0.39 is 0 Å². The van der Waals surface area contributed by atoms with E-state index in [1.54, 1.807) is 0 Å². The van der Waals surface area contributed by atoms with Crippen LogP contribution in [0.15, 0.2) is 30.5 Å². The Labute approximate surface area is 141 Å². The van der Waals surface area contributed by atoms with Crippen LogP contribution in [-0.2, 0) is 13.5 Å². The van der Waals surface area contributed by atoms with E-state index in [1.807, 2.05) is 24.9 Å². The van der Waals surface area contributed by atoms with Gasteiger partial charge in [-0.15, -0.1) is 0 Å². The molecule has 0 radical (unpaired) electrons. The summed E-state index contributed by atoms with van der Waals surface area (Å²) in [5, 5.41) is 5.45. The molecule has 0 spiro atoms. The second kappa shape index (κ2) is 5.47. The Kier molecular flexibility index (Phi) is 3.40. The lowest BCUT2D eigenvalue weighted by Crippen LogP contribution is -2.46. The van der Waals surface area contributed by atoms with E-state index in [2.05, 4.69) is 58.2 Å². The number of benzene rings is 1. The number of likely N-dealkylation sites (N-methyl/N-ethyl adjacent to an activating group) is 2. The number of fused-ring (bicyclic) bond motifs is 2. The number of hydrogen-bond acceptors (Lipinski definition) is 5. The third kappa shape index (κ3) is 2.29. The molecule has 1 aromatic carbocycles. The number of anilines is 2. The van der Waals surface area contributed by atoms with Crippen LogP contribution in [0.1, 0.15) is 11.3 Å². The van der Waals surface area contributed by atoms with Crippen molar-refractivity contribution < 1.29 is 0 Å². The van der Waals surface area contributed by atoms with Crippen LogP contribution in [-0.4, -0.2) is 46.4 Å². The van der Waals surface area contributed by atoms with E-state index in [1.165, 1.54) is 11.3 Å². The van der Waals surface area contributed by atoms with Gasteiger partial charge in [-0.05, 0) is 25.0 Å². The molecule has 1 unspecified atom stereocenters. The van der Waals surface area contributed by atoms with Crippen molar-refractivity contribution in [2.24, 2.45) is 7.05 Å². The number of aromatic nitrogens is 4. The number of hydrogen-bond donors (Lipinski definition) is 0. The van der Waals surface area contributed by atoms with Gasteiger partial charge in [0.05, 0.1) is 17.1 Å². The topological polar surface area (TPSA) is 50.1 Å². The summed E-state index contributed by atoms with van der Waals surface area (Å²) in [6, 6.07) is 8.95. The van der Waals surface area contributed by atoms with E-state index >= 15 is 0 Å². The van der Waals surface area contributed by atoms with E-state index in [9.17, 15) is 0 Å². The first kappa shape index (κ1) is 14.9. The molecule has 0 saturated heterocycles. The Bertz CT molecular complexity index is 900. The molecule has 1 aliphatic heterocycles. The van der Waals surface area contributed by atoms with Gasteiger partial charge in [0.15, 0.2) is 5.65 Å². The first-order chi connectivity index (χ1) is 11.5. The van der Waals surface area contributed by atoms with Crippen molar-refractivity contribution in [1.29, 1.82) is 0 Å². The van der Waals surface area contributed by atoms with Gasteiger partial charge in [-0.1, -0.05) is 18.2 Å². The molecule has 2 aromatic heterocycles. The normalized spacial score (nSPS) is 17.2. The van der Waals surface area contributed by atoms with Crippen LogP contribution in [0.25, 0.3) is 11.0 Å². The average Bonchev–Trinajstić information content (AvgIpc) is 2.88. The molecular weight excluding hydrogens is 300 g/mol. The van der Waals surface area contributed by atoms with E-state index in [4.69, 9.17) is 4.98 Å². The molecule has 0 aliphatic carbocycles. The minimum Gasteiger partial charge on any atom is -0.372 e. The van der Waals surface area contributed by atoms with Crippen molar-refractivity contribution >= 4 is 22.7 Å². The molecule has 0 N–H and O–H groups in total. The molecule has 0 fully saturated rings. The van der Waals surface area contributed by atoms with Gasteiger partial charge in [0.2, 0.25) is 5.95 Å². The number of rotatable bonds is 2. The van der Waals surface area contributed by atoms with E-state index in [-0.39, 0.29) is 0 Å². The fourth-order valence-corrected chi connectivity index (χ4v) is 3.57. The zero-order valence-corrected chi connectivity index (χ0v) is 14.6. The average molecular weight is 322 g/mol. The largest absolute Gasteiger partial charge is 0.372 e. The molecule has 6 heteroatoms. The molecule has 0 bridgehead atoms. The minimum absolute atomic E-state index is 0.344. The number of aryl methyl sites for hydroxylation is 2. The van der Waals surface area contributed by atoms with Gasteiger partial charge in [0, 0.05) is 39.6 Å². The van der Waals surface area contributed by atoms with Crippen LogP contribution in [0, 0.1) is 6.92 Å². The standard InChI is InChI=1S/C18H22N6/c1-12-15-10-19-18(20-17(15)24(4)21-12)23(3)14-9-13-7-5-6-8-16(13)22(2)11-14/h5-8,10,14H,9,11H2,1-4H3. The van der Waals surface area contributed by atoms with E-state index in [0.29, 0.717) is 6.04 Å². The fourth-order valence-electron chi connectivity index (χ4n) is 3.57. The molecule has 1 atom stereocenters. The quantitative estimate of drug-likeness (QED) is 0.724. The van der Waals surface area contributed by atoms with Crippen molar-refractivity contribution in [1.82, 2.24) is 19.7 Å². The van der Waals surface area contributed by atoms with Gasteiger partial charge < -0.3 is 9.80 Å². The van der Waals surface area contributed by atoms with E-state index in [0.717, 1.165) is 35.6 Å². The maximum atomic E-state index is 4.75. The lowest BCUT2D eigenvalue weighted by molar-refractivity contribution is 0.584. The third-order valence-corrected chi connectivity index (χ3v) is 4.96. The van der Waals surface area contributed by atoms with Gasteiger partial charge >= 0.3 is 0 Å². The Balaban J connectivity index is 1.67. The zero-order valence-electron chi connectivity index (χ0n) is 14.6. The lowest BCUT2D eigenvalue weighted by Gasteiger charge is -2.38. The predicted molar refractivity (Wildman–Crippen MR) is 96.6 cm³/mol. The molecule has 6 nitrogen and oxygen atoms in total. The van der Waals surface area contributed by atoms with Crippen LogP contribution in [0.4, 0.5) is 11.6 Å². The molecule has 0 saturated carbocycles. The SMILES string of the molecule is Cc1nn(C)c2nc(N(C)C3Cc4ccccc4N(C)C3)ncc12. The summed E-state index contributed by atoms with van der Waals surface area (Å²) in [7, 11) is 6.15.